The monoisotopic (exact) mass is 368 g/mol. The molecule has 0 unspecified atom stereocenters. The lowest BCUT2D eigenvalue weighted by atomic mass is 9.99. The number of hydrogen-bond acceptors (Lipinski definition) is 5. The third kappa shape index (κ3) is 5.17. The molecule has 2 fully saturated rings. The molecule has 0 aromatic heterocycles. The second kappa shape index (κ2) is 8.49. The van der Waals surface area contributed by atoms with Gasteiger partial charge in [0.1, 0.15) is 5.75 Å². The number of ether oxygens (including phenoxy) is 2. The Morgan fingerprint density at radius 1 is 1.24 bits per heavy atom. The van der Waals surface area contributed by atoms with Crippen LogP contribution < -0.4 is 4.74 Å². The summed E-state index contributed by atoms with van der Waals surface area (Å²) in [6, 6.07) is 7.30. The average molecular weight is 368 g/mol. The minimum Gasteiger partial charge on any atom is -0.497 e. The highest BCUT2D eigenvalue weighted by Crippen LogP contribution is 2.23. The van der Waals surface area contributed by atoms with Gasteiger partial charge >= 0.3 is 0 Å². The van der Waals surface area contributed by atoms with Crippen LogP contribution in [0.5, 0.6) is 5.75 Å². The topological polar surface area (TPSA) is 59.1 Å². The molecule has 2 saturated heterocycles. The van der Waals surface area contributed by atoms with Crippen LogP contribution in [-0.4, -0.2) is 70.7 Å². The van der Waals surface area contributed by atoms with E-state index in [1.807, 2.05) is 18.2 Å². The third-order valence-electron chi connectivity index (χ3n) is 4.98. The maximum atomic E-state index is 12.8. The number of methoxy groups -OCH3 is 1. The van der Waals surface area contributed by atoms with Crippen LogP contribution in [0.2, 0.25) is 0 Å². The summed E-state index contributed by atoms with van der Waals surface area (Å²) in [5.41, 5.74) is 0.773. The number of morpholine rings is 1. The van der Waals surface area contributed by atoms with Gasteiger partial charge in [0.2, 0.25) is 10.0 Å². The molecule has 2 heterocycles. The highest BCUT2D eigenvalue weighted by Gasteiger charge is 2.30. The predicted octanol–water partition coefficient (Wildman–Crippen LogP) is 1.57. The van der Waals surface area contributed by atoms with Gasteiger partial charge in [0, 0.05) is 32.7 Å². The Bertz CT molecular complexity index is 659. The van der Waals surface area contributed by atoms with Crippen LogP contribution in [-0.2, 0) is 20.5 Å². The molecule has 0 N–H and O–H groups in total. The molecular weight excluding hydrogens is 340 g/mol. The van der Waals surface area contributed by atoms with E-state index in [9.17, 15) is 8.42 Å². The van der Waals surface area contributed by atoms with Crippen molar-refractivity contribution < 1.29 is 17.9 Å². The molecular formula is C18H28N2O4S. The van der Waals surface area contributed by atoms with E-state index < -0.39 is 10.0 Å². The van der Waals surface area contributed by atoms with Gasteiger partial charge in [0.15, 0.2) is 0 Å². The Labute approximate surface area is 150 Å². The maximum Gasteiger partial charge on any atom is 0.218 e. The van der Waals surface area contributed by atoms with Crippen LogP contribution in [0, 0.1) is 5.92 Å². The van der Waals surface area contributed by atoms with E-state index >= 15 is 0 Å². The van der Waals surface area contributed by atoms with Gasteiger partial charge in [-0.1, -0.05) is 12.1 Å². The average Bonchev–Trinajstić information content (AvgIpc) is 2.62. The van der Waals surface area contributed by atoms with Gasteiger partial charge in [0.05, 0.1) is 26.1 Å². The Morgan fingerprint density at radius 3 is 2.80 bits per heavy atom. The number of piperidine rings is 1. The number of hydrogen-bond donors (Lipinski definition) is 0. The van der Waals surface area contributed by atoms with Crippen LogP contribution in [0.3, 0.4) is 0 Å². The van der Waals surface area contributed by atoms with Gasteiger partial charge in [-0.15, -0.1) is 0 Å². The van der Waals surface area contributed by atoms with Gasteiger partial charge in [-0.2, -0.15) is 0 Å². The number of nitrogens with zero attached hydrogens (tertiary/aromatic N) is 2. The number of benzene rings is 1. The van der Waals surface area contributed by atoms with Crippen LogP contribution in [0.15, 0.2) is 24.3 Å². The molecule has 0 radical (unpaired) electrons. The molecule has 2 aliphatic rings. The zero-order valence-corrected chi connectivity index (χ0v) is 15.7. The minimum absolute atomic E-state index is 0.0362. The number of rotatable bonds is 6. The van der Waals surface area contributed by atoms with Gasteiger partial charge in [-0.3, -0.25) is 4.90 Å². The normalized spacial score (nSPS) is 23.5. The molecule has 0 spiro atoms. The molecule has 3 rings (SSSR count). The lowest BCUT2D eigenvalue weighted by Gasteiger charge is -2.36. The summed E-state index contributed by atoms with van der Waals surface area (Å²) < 4.78 is 38.0. The van der Waals surface area contributed by atoms with Crippen molar-refractivity contribution in [1.29, 1.82) is 0 Å². The molecule has 7 heteroatoms. The maximum absolute atomic E-state index is 12.8. The SMILES string of the molecule is COc1cccc(CS(=O)(=O)N2CCC[C@H](CN3CCOCC3)C2)c1. The van der Waals surface area contributed by atoms with Crippen LogP contribution in [0.1, 0.15) is 18.4 Å². The van der Waals surface area contributed by atoms with Crippen molar-refractivity contribution in [3.8, 4) is 5.75 Å². The van der Waals surface area contributed by atoms with Gasteiger partial charge in [0.25, 0.3) is 0 Å². The minimum atomic E-state index is -3.30. The summed E-state index contributed by atoms with van der Waals surface area (Å²) in [4.78, 5) is 2.40. The fourth-order valence-electron chi connectivity index (χ4n) is 3.64. The Morgan fingerprint density at radius 2 is 2.04 bits per heavy atom. The summed E-state index contributed by atoms with van der Waals surface area (Å²) in [5, 5.41) is 0. The highest BCUT2D eigenvalue weighted by atomic mass is 32.2. The van der Waals surface area contributed by atoms with E-state index in [0.717, 1.165) is 51.3 Å². The molecule has 0 amide bonds. The quantitative estimate of drug-likeness (QED) is 0.763. The lowest BCUT2D eigenvalue weighted by molar-refractivity contribution is 0.0265. The Balaban J connectivity index is 1.60. The fourth-order valence-corrected chi connectivity index (χ4v) is 5.27. The van der Waals surface area contributed by atoms with Crippen molar-refractivity contribution in [2.75, 3.05) is 53.0 Å². The largest absolute Gasteiger partial charge is 0.497 e. The summed E-state index contributed by atoms with van der Waals surface area (Å²) >= 11 is 0. The molecule has 2 aliphatic heterocycles. The lowest BCUT2D eigenvalue weighted by Crippen LogP contribution is -2.46. The zero-order valence-electron chi connectivity index (χ0n) is 14.9. The van der Waals surface area contributed by atoms with Crippen LogP contribution in [0.4, 0.5) is 0 Å². The zero-order chi connectivity index (χ0) is 17.7. The molecule has 0 aliphatic carbocycles. The van der Waals surface area contributed by atoms with Gasteiger partial charge in [-0.05, 0) is 36.5 Å². The molecule has 1 aromatic rings. The van der Waals surface area contributed by atoms with E-state index in [1.165, 1.54) is 0 Å². The summed E-state index contributed by atoms with van der Waals surface area (Å²) in [5.74, 6) is 1.14. The first-order valence-electron chi connectivity index (χ1n) is 8.98. The van der Waals surface area contributed by atoms with Crippen molar-refractivity contribution in [1.82, 2.24) is 9.21 Å². The van der Waals surface area contributed by atoms with Crippen molar-refractivity contribution in [2.24, 2.45) is 5.92 Å². The Hall–Kier alpha value is -1.15. The van der Waals surface area contributed by atoms with E-state index in [2.05, 4.69) is 4.90 Å². The number of sulfonamides is 1. The smallest absolute Gasteiger partial charge is 0.218 e. The highest BCUT2D eigenvalue weighted by molar-refractivity contribution is 7.88. The van der Waals surface area contributed by atoms with Crippen LogP contribution >= 0.6 is 0 Å². The molecule has 0 bridgehead atoms. The molecule has 140 valence electrons. The van der Waals surface area contributed by atoms with Crippen molar-refractivity contribution in [2.45, 2.75) is 18.6 Å². The molecule has 1 atom stereocenters. The molecule has 6 nitrogen and oxygen atoms in total. The fraction of sp³-hybridized carbons (Fsp3) is 0.667. The van der Waals surface area contributed by atoms with E-state index in [-0.39, 0.29) is 5.75 Å². The summed E-state index contributed by atoms with van der Waals surface area (Å²) in [6.45, 7) is 5.69. The van der Waals surface area contributed by atoms with E-state index in [4.69, 9.17) is 9.47 Å². The second-order valence-electron chi connectivity index (χ2n) is 6.89. The molecule has 0 saturated carbocycles. The third-order valence-corrected chi connectivity index (χ3v) is 6.79. The van der Waals surface area contributed by atoms with E-state index in [1.54, 1.807) is 17.5 Å². The second-order valence-corrected chi connectivity index (χ2v) is 8.86. The standard InChI is InChI=1S/C18H28N2O4S/c1-23-18-6-2-4-16(12-18)15-25(21,22)20-7-3-5-17(14-20)13-19-8-10-24-11-9-19/h2,4,6,12,17H,3,5,7-11,13-15H2,1H3/t17-/m1/s1. The van der Waals surface area contributed by atoms with Gasteiger partial charge < -0.3 is 9.47 Å². The predicted molar refractivity (Wildman–Crippen MR) is 97.2 cm³/mol. The van der Waals surface area contributed by atoms with Crippen molar-refractivity contribution in [3.63, 3.8) is 0 Å². The first-order valence-corrected chi connectivity index (χ1v) is 10.6. The van der Waals surface area contributed by atoms with Crippen molar-refractivity contribution in [3.05, 3.63) is 29.8 Å². The molecule has 25 heavy (non-hydrogen) atoms. The molecule has 1 aromatic carbocycles. The van der Waals surface area contributed by atoms with Crippen molar-refractivity contribution >= 4 is 10.0 Å². The summed E-state index contributed by atoms with van der Waals surface area (Å²) in [6.07, 6.45) is 2.04. The summed E-state index contributed by atoms with van der Waals surface area (Å²) in [7, 11) is -1.71. The van der Waals surface area contributed by atoms with E-state index in [0.29, 0.717) is 24.8 Å². The van der Waals surface area contributed by atoms with Crippen LogP contribution in [0.25, 0.3) is 0 Å². The Kier molecular flexibility index (Phi) is 6.33. The van der Waals surface area contributed by atoms with Gasteiger partial charge in [-0.25, -0.2) is 12.7 Å². The first kappa shape index (κ1) is 18.6. The first-order chi connectivity index (χ1) is 12.1.